The Morgan fingerprint density at radius 3 is 2.79 bits per heavy atom. The molecule has 2 aliphatic heterocycles. The first-order chi connectivity index (χ1) is 6.79. The molecular weight excluding hydrogens is 170 g/mol. The minimum absolute atomic E-state index is 0.948. The van der Waals surface area contributed by atoms with Crippen molar-refractivity contribution in [3.05, 3.63) is 0 Å². The molecule has 4 bridgehead atoms. The van der Waals surface area contributed by atoms with Crippen molar-refractivity contribution in [1.82, 2.24) is 4.90 Å². The maximum Gasteiger partial charge on any atom is 0.0126 e. The van der Waals surface area contributed by atoms with E-state index in [1.165, 1.54) is 25.9 Å². The van der Waals surface area contributed by atoms with Crippen molar-refractivity contribution >= 4 is 0 Å². The van der Waals surface area contributed by atoms with Crippen LogP contribution in [0.25, 0.3) is 0 Å². The average Bonchev–Trinajstić information content (AvgIpc) is 2.47. The molecule has 0 amide bonds. The van der Waals surface area contributed by atoms with Crippen molar-refractivity contribution in [3.8, 4) is 0 Å². The van der Waals surface area contributed by atoms with E-state index in [4.69, 9.17) is 0 Å². The van der Waals surface area contributed by atoms with Crippen LogP contribution >= 0.6 is 0 Å². The van der Waals surface area contributed by atoms with Crippen LogP contribution in [0.15, 0.2) is 0 Å². The topological polar surface area (TPSA) is 3.24 Å². The SMILES string of the molecule is CCN1CC(C)CC2CC3C2CCC31. The van der Waals surface area contributed by atoms with E-state index in [-0.39, 0.29) is 0 Å². The first-order valence-corrected chi connectivity index (χ1v) is 6.53. The zero-order valence-corrected chi connectivity index (χ0v) is 9.58. The highest BCUT2D eigenvalue weighted by Gasteiger charge is 2.51. The third kappa shape index (κ3) is 1.18. The van der Waals surface area contributed by atoms with E-state index in [0.717, 1.165) is 29.7 Å². The van der Waals surface area contributed by atoms with E-state index in [9.17, 15) is 0 Å². The Morgan fingerprint density at radius 1 is 1.14 bits per heavy atom. The van der Waals surface area contributed by atoms with E-state index in [1.54, 1.807) is 12.8 Å². The molecule has 0 aromatic rings. The van der Waals surface area contributed by atoms with E-state index < -0.39 is 0 Å². The van der Waals surface area contributed by atoms with Gasteiger partial charge in [0.2, 0.25) is 0 Å². The highest BCUT2D eigenvalue weighted by Crippen LogP contribution is 2.56. The summed E-state index contributed by atoms with van der Waals surface area (Å²) in [4.78, 5) is 2.78. The Labute approximate surface area is 87.9 Å². The van der Waals surface area contributed by atoms with Gasteiger partial charge in [0.15, 0.2) is 0 Å². The number of hydrogen-bond acceptors (Lipinski definition) is 1. The Bertz CT molecular complexity index is 225. The summed E-state index contributed by atoms with van der Waals surface area (Å²) in [6.07, 6.45) is 6.14. The van der Waals surface area contributed by atoms with Gasteiger partial charge in [-0.2, -0.15) is 0 Å². The van der Waals surface area contributed by atoms with E-state index in [0.29, 0.717) is 0 Å². The van der Waals surface area contributed by atoms with E-state index in [1.807, 2.05) is 0 Å². The molecule has 5 atom stereocenters. The van der Waals surface area contributed by atoms with Crippen LogP contribution < -0.4 is 0 Å². The molecule has 2 saturated carbocycles. The maximum absolute atomic E-state index is 2.78. The number of rotatable bonds is 1. The lowest BCUT2D eigenvalue weighted by atomic mass is 9.62. The van der Waals surface area contributed by atoms with Crippen LogP contribution in [0.5, 0.6) is 0 Å². The quantitative estimate of drug-likeness (QED) is 0.619. The van der Waals surface area contributed by atoms with Crippen LogP contribution in [0.3, 0.4) is 0 Å². The number of fused-ring (bicyclic) bond motifs is 3. The minimum Gasteiger partial charge on any atom is -0.300 e. The fourth-order valence-electron chi connectivity index (χ4n) is 4.54. The monoisotopic (exact) mass is 193 g/mol. The van der Waals surface area contributed by atoms with Crippen LogP contribution in [0.1, 0.15) is 39.5 Å². The molecule has 80 valence electrons. The van der Waals surface area contributed by atoms with Crippen LogP contribution in [0.4, 0.5) is 0 Å². The lowest BCUT2D eigenvalue weighted by Gasteiger charge is -2.49. The summed E-state index contributed by atoms with van der Waals surface area (Å²) in [7, 11) is 0. The second-order valence-electron chi connectivity index (χ2n) is 5.90. The molecular formula is C13H23N. The largest absolute Gasteiger partial charge is 0.300 e. The standard InChI is InChI=1S/C13H23N/c1-3-14-8-9(2)6-10-7-12-11(10)4-5-13(12)14/h9-13H,3-8H2,1-2H3. The Hall–Kier alpha value is -0.0400. The molecule has 1 heteroatoms. The molecule has 0 radical (unpaired) electrons. The van der Waals surface area contributed by atoms with Crippen molar-refractivity contribution in [2.24, 2.45) is 23.7 Å². The highest BCUT2D eigenvalue weighted by molar-refractivity contribution is 5.03. The Kier molecular flexibility index (Phi) is 2.12. The molecule has 2 heterocycles. The minimum atomic E-state index is 0.948. The van der Waals surface area contributed by atoms with Gasteiger partial charge in [-0.25, -0.2) is 0 Å². The van der Waals surface area contributed by atoms with Gasteiger partial charge in [-0.3, -0.25) is 0 Å². The maximum atomic E-state index is 2.78. The molecule has 5 unspecified atom stereocenters. The molecule has 4 aliphatic rings. The second kappa shape index (κ2) is 3.23. The van der Waals surface area contributed by atoms with Crippen LogP contribution in [-0.4, -0.2) is 24.0 Å². The summed E-state index contributed by atoms with van der Waals surface area (Å²) in [6.45, 7) is 7.46. The zero-order chi connectivity index (χ0) is 9.71. The lowest BCUT2D eigenvalue weighted by Crippen LogP contribution is -2.50. The third-order valence-corrected chi connectivity index (χ3v) is 5.15. The van der Waals surface area contributed by atoms with Crippen molar-refractivity contribution < 1.29 is 0 Å². The Morgan fingerprint density at radius 2 is 2.00 bits per heavy atom. The molecule has 4 rings (SSSR count). The summed E-state index contributed by atoms with van der Waals surface area (Å²) in [5, 5.41) is 0. The van der Waals surface area contributed by atoms with Crippen LogP contribution in [0, 0.1) is 23.7 Å². The molecule has 0 spiro atoms. The lowest BCUT2D eigenvalue weighted by molar-refractivity contribution is -0.00586. The van der Waals surface area contributed by atoms with Crippen molar-refractivity contribution in [2.45, 2.75) is 45.6 Å². The normalized spacial score (nSPS) is 52.3. The van der Waals surface area contributed by atoms with Crippen molar-refractivity contribution in [2.75, 3.05) is 13.1 Å². The smallest absolute Gasteiger partial charge is 0.0126 e. The summed E-state index contributed by atoms with van der Waals surface area (Å²) in [5.41, 5.74) is 0. The molecule has 2 saturated heterocycles. The van der Waals surface area contributed by atoms with Crippen LogP contribution in [0.2, 0.25) is 0 Å². The van der Waals surface area contributed by atoms with Crippen molar-refractivity contribution in [3.63, 3.8) is 0 Å². The summed E-state index contributed by atoms with van der Waals surface area (Å²) < 4.78 is 0. The van der Waals surface area contributed by atoms with Gasteiger partial charge in [0, 0.05) is 12.6 Å². The first-order valence-electron chi connectivity index (χ1n) is 6.53. The summed E-state index contributed by atoms with van der Waals surface area (Å²) in [6, 6.07) is 0.976. The fourth-order valence-corrected chi connectivity index (χ4v) is 4.54. The van der Waals surface area contributed by atoms with Gasteiger partial charge in [0.25, 0.3) is 0 Å². The molecule has 0 aromatic heterocycles. The number of hydrogen-bond donors (Lipinski definition) is 0. The van der Waals surface area contributed by atoms with Gasteiger partial charge < -0.3 is 4.90 Å². The zero-order valence-electron chi connectivity index (χ0n) is 9.58. The second-order valence-corrected chi connectivity index (χ2v) is 5.90. The van der Waals surface area contributed by atoms with Gasteiger partial charge in [-0.15, -0.1) is 0 Å². The predicted octanol–water partition coefficient (Wildman–Crippen LogP) is 2.76. The molecule has 2 aliphatic carbocycles. The molecule has 14 heavy (non-hydrogen) atoms. The van der Waals surface area contributed by atoms with E-state index >= 15 is 0 Å². The summed E-state index contributed by atoms with van der Waals surface area (Å²) >= 11 is 0. The first kappa shape index (κ1) is 9.21. The van der Waals surface area contributed by atoms with Gasteiger partial charge in [-0.1, -0.05) is 13.8 Å². The van der Waals surface area contributed by atoms with Gasteiger partial charge in [-0.05, 0) is 55.9 Å². The average molecular weight is 193 g/mol. The van der Waals surface area contributed by atoms with Crippen LogP contribution in [-0.2, 0) is 0 Å². The van der Waals surface area contributed by atoms with Gasteiger partial charge >= 0.3 is 0 Å². The Balaban J connectivity index is 1.82. The molecule has 4 fully saturated rings. The predicted molar refractivity (Wildman–Crippen MR) is 59.1 cm³/mol. The van der Waals surface area contributed by atoms with Crippen molar-refractivity contribution in [1.29, 1.82) is 0 Å². The van der Waals surface area contributed by atoms with Gasteiger partial charge in [0.1, 0.15) is 0 Å². The molecule has 0 aromatic carbocycles. The fraction of sp³-hybridized carbons (Fsp3) is 1.00. The third-order valence-electron chi connectivity index (χ3n) is 5.15. The molecule has 0 N–H and O–H groups in total. The highest BCUT2D eigenvalue weighted by atomic mass is 15.2. The molecule has 1 nitrogen and oxygen atoms in total. The summed E-state index contributed by atoms with van der Waals surface area (Å²) in [5.74, 6) is 4.31. The van der Waals surface area contributed by atoms with E-state index in [2.05, 4.69) is 18.7 Å². The number of nitrogens with zero attached hydrogens (tertiary/aromatic N) is 1. The van der Waals surface area contributed by atoms with Gasteiger partial charge in [0.05, 0.1) is 0 Å².